The number of sulfonamides is 1. The molecule has 0 radical (unpaired) electrons. The second-order valence-corrected chi connectivity index (χ2v) is 9.37. The van der Waals surface area contributed by atoms with Gasteiger partial charge in [0.15, 0.2) is 0 Å². The van der Waals surface area contributed by atoms with Gasteiger partial charge in [-0.2, -0.15) is 5.10 Å². The number of hydrogen-bond donors (Lipinski definition) is 2. The number of para-hydroxylation sites is 1. The van der Waals surface area contributed by atoms with Gasteiger partial charge in [-0.05, 0) is 60.7 Å². The zero-order chi connectivity index (χ0) is 23.4. The van der Waals surface area contributed by atoms with E-state index in [1.165, 1.54) is 54.7 Å². The molecule has 166 valence electrons. The second kappa shape index (κ2) is 9.58. The molecule has 0 saturated carbocycles. The minimum Gasteiger partial charge on any atom is -0.280 e. The van der Waals surface area contributed by atoms with E-state index in [4.69, 9.17) is 23.2 Å². The Kier molecular flexibility index (Phi) is 6.60. The summed E-state index contributed by atoms with van der Waals surface area (Å²) in [7, 11) is -3.78. The highest BCUT2D eigenvalue weighted by Gasteiger charge is 2.14. The lowest BCUT2D eigenvalue weighted by Crippen LogP contribution is -2.18. The molecule has 10 heteroatoms. The Bertz CT molecular complexity index is 1460. The fraction of sp³-hybridized carbons (Fsp3) is 0. The Hall–Kier alpha value is -3.46. The quantitative estimate of drug-likeness (QED) is 0.219. The molecule has 0 fully saturated rings. The van der Waals surface area contributed by atoms with Gasteiger partial charge >= 0.3 is 0 Å². The topological polar surface area (TPSA) is 101 Å². The van der Waals surface area contributed by atoms with Gasteiger partial charge in [-0.3, -0.25) is 9.52 Å². The molecule has 0 saturated heterocycles. The lowest BCUT2D eigenvalue weighted by molar-refractivity contribution is 0.0955. The number of halogens is 2. The van der Waals surface area contributed by atoms with Gasteiger partial charge in [0.2, 0.25) is 0 Å². The van der Waals surface area contributed by atoms with Crippen molar-refractivity contribution in [1.29, 1.82) is 0 Å². The van der Waals surface area contributed by atoms with Crippen molar-refractivity contribution in [2.45, 2.75) is 4.90 Å². The summed E-state index contributed by atoms with van der Waals surface area (Å²) in [6.45, 7) is 0. The van der Waals surface area contributed by atoms with Gasteiger partial charge in [0.1, 0.15) is 5.15 Å². The van der Waals surface area contributed by atoms with E-state index in [1.54, 1.807) is 0 Å². The predicted molar refractivity (Wildman–Crippen MR) is 131 cm³/mol. The Morgan fingerprint density at radius 2 is 1.64 bits per heavy atom. The lowest BCUT2D eigenvalue weighted by Gasteiger charge is -2.09. The third-order valence-corrected chi connectivity index (χ3v) is 6.55. The Morgan fingerprint density at radius 3 is 2.36 bits per heavy atom. The number of hydrazone groups is 1. The summed E-state index contributed by atoms with van der Waals surface area (Å²) >= 11 is 12.0. The number of benzene rings is 3. The number of nitrogens with one attached hydrogen (secondary N) is 2. The third-order valence-electron chi connectivity index (χ3n) is 4.60. The van der Waals surface area contributed by atoms with Crippen LogP contribution in [0, 0.1) is 0 Å². The van der Waals surface area contributed by atoms with E-state index in [0.29, 0.717) is 21.8 Å². The molecule has 0 unspecified atom stereocenters. The molecular weight excluding hydrogens is 483 g/mol. The standard InChI is InChI=1S/C23H16Cl2N4O3S/c24-18-7-11-20(12-8-18)33(31,32)29-19-9-5-15(6-10-19)23(30)28-26-14-17-13-16-3-1-2-4-21(16)27-22(17)25/h1-14,29H,(H,28,30)/b26-14-. The van der Waals surface area contributed by atoms with E-state index in [2.05, 4.69) is 20.2 Å². The number of carbonyl (C=O) groups excluding carboxylic acids is 1. The predicted octanol–water partition coefficient (Wildman–Crippen LogP) is 5.11. The average molecular weight is 499 g/mol. The maximum Gasteiger partial charge on any atom is 0.271 e. The summed E-state index contributed by atoms with van der Waals surface area (Å²) in [5, 5.41) is 5.54. The van der Waals surface area contributed by atoms with Crippen LogP contribution in [0.15, 0.2) is 88.9 Å². The first kappa shape index (κ1) is 22.7. The fourth-order valence-corrected chi connectivity index (χ4v) is 4.32. The summed E-state index contributed by atoms with van der Waals surface area (Å²) in [6, 6.07) is 21.0. The summed E-state index contributed by atoms with van der Waals surface area (Å²) in [5.41, 5.74) is 4.33. The largest absolute Gasteiger partial charge is 0.280 e. The number of hydrogen-bond acceptors (Lipinski definition) is 5. The molecule has 2 N–H and O–H groups in total. The van der Waals surface area contributed by atoms with Crippen molar-refractivity contribution in [1.82, 2.24) is 10.4 Å². The molecule has 0 aliphatic heterocycles. The van der Waals surface area contributed by atoms with Gasteiger partial charge in [-0.1, -0.05) is 41.4 Å². The minimum absolute atomic E-state index is 0.0740. The number of anilines is 1. The third kappa shape index (κ3) is 5.48. The SMILES string of the molecule is O=C(N/N=C\c1cc2ccccc2nc1Cl)c1ccc(NS(=O)(=O)c2ccc(Cl)cc2)cc1. The molecule has 3 aromatic carbocycles. The van der Waals surface area contributed by atoms with E-state index < -0.39 is 15.9 Å². The van der Waals surface area contributed by atoms with Crippen molar-refractivity contribution in [2.24, 2.45) is 5.10 Å². The van der Waals surface area contributed by atoms with Crippen LogP contribution in [-0.4, -0.2) is 25.5 Å². The van der Waals surface area contributed by atoms with Crippen LogP contribution in [0.2, 0.25) is 10.2 Å². The van der Waals surface area contributed by atoms with Gasteiger partial charge in [0.05, 0.1) is 16.6 Å². The molecular formula is C23H16Cl2N4O3S. The van der Waals surface area contributed by atoms with Crippen LogP contribution in [0.4, 0.5) is 5.69 Å². The highest BCUT2D eigenvalue weighted by atomic mass is 35.5. The number of fused-ring (bicyclic) bond motifs is 1. The van der Waals surface area contributed by atoms with E-state index >= 15 is 0 Å². The summed E-state index contributed by atoms with van der Waals surface area (Å²) in [4.78, 5) is 16.7. The molecule has 0 bridgehead atoms. The van der Waals surface area contributed by atoms with Crippen molar-refractivity contribution in [3.05, 3.63) is 100 Å². The zero-order valence-corrected chi connectivity index (χ0v) is 19.2. The maximum atomic E-state index is 12.4. The molecule has 7 nitrogen and oxygen atoms in total. The average Bonchev–Trinajstić information content (AvgIpc) is 2.80. The molecule has 4 aromatic rings. The molecule has 1 heterocycles. The van der Waals surface area contributed by atoms with Crippen LogP contribution >= 0.6 is 23.2 Å². The Labute approximate surface area is 200 Å². The molecule has 1 aromatic heterocycles. The molecule has 4 rings (SSSR count). The van der Waals surface area contributed by atoms with Crippen molar-refractivity contribution in [3.63, 3.8) is 0 Å². The summed E-state index contributed by atoms with van der Waals surface area (Å²) in [6.07, 6.45) is 1.41. The van der Waals surface area contributed by atoms with Gasteiger partial charge in [-0.15, -0.1) is 0 Å². The molecule has 33 heavy (non-hydrogen) atoms. The number of rotatable bonds is 6. The first-order valence-electron chi connectivity index (χ1n) is 9.59. The van der Waals surface area contributed by atoms with Crippen molar-refractivity contribution in [3.8, 4) is 0 Å². The fourth-order valence-electron chi connectivity index (χ4n) is 2.94. The van der Waals surface area contributed by atoms with Crippen molar-refractivity contribution < 1.29 is 13.2 Å². The number of pyridine rings is 1. The highest BCUT2D eigenvalue weighted by Crippen LogP contribution is 2.20. The van der Waals surface area contributed by atoms with Crippen LogP contribution in [0.3, 0.4) is 0 Å². The monoisotopic (exact) mass is 498 g/mol. The number of nitrogens with zero attached hydrogens (tertiary/aromatic N) is 2. The van der Waals surface area contributed by atoms with Crippen LogP contribution in [-0.2, 0) is 10.0 Å². The highest BCUT2D eigenvalue weighted by molar-refractivity contribution is 7.92. The van der Waals surface area contributed by atoms with Gasteiger partial charge < -0.3 is 0 Å². The van der Waals surface area contributed by atoms with Gasteiger partial charge in [0.25, 0.3) is 15.9 Å². The first-order chi connectivity index (χ1) is 15.8. The van der Waals surface area contributed by atoms with E-state index in [9.17, 15) is 13.2 Å². The minimum atomic E-state index is -3.78. The van der Waals surface area contributed by atoms with Gasteiger partial charge in [0, 0.05) is 27.2 Å². The molecule has 1 amide bonds. The van der Waals surface area contributed by atoms with E-state index in [-0.39, 0.29) is 10.0 Å². The van der Waals surface area contributed by atoms with Crippen LogP contribution < -0.4 is 10.1 Å². The summed E-state index contributed by atoms with van der Waals surface area (Å²) in [5.74, 6) is -0.469. The van der Waals surface area contributed by atoms with Crippen LogP contribution in [0.5, 0.6) is 0 Å². The Morgan fingerprint density at radius 1 is 0.939 bits per heavy atom. The number of aromatic nitrogens is 1. The smallest absolute Gasteiger partial charge is 0.271 e. The molecule has 0 atom stereocenters. The molecule has 0 aliphatic rings. The first-order valence-corrected chi connectivity index (χ1v) is 11.8. The molecule has 0 spiro atoms. The van der Waals surface area contributed by atoms with Gasteiger partial charge in [-0.25, -0.2) is 18.8 Å². The lowest BCUT2D eigenvalue weighted by atomic mass is 10.2. The van der Waals surface area contributed by atoms with E-state index in [0.717, 1.165) is 10.9 Å². The van der Waals surface area contributed by atoms with Crippen LogP contribution in [0.1, 0.15) is 15.9 Å². The summed E-state index contributed by atoms with van der Waals surface area (Å²) < 4.78 is 27.3. The van der Waals surface area contributed by atoms with Crippen molar-refractivity contribution >= 4 is 61.9 Å². The number of carbonyl (C=O) groups is 1. The normalized spacial score (nSPS) is 11.6. The van der Waals surface area contributed by atoms with E-state index in [1.807, 2.05) is 30.3 Å². The second-order valence-electron chi connectivity index (χ2n) is 6.90. The maximum absolute atomic E-state index is 12.4. The van der Waals surface area contributed by atoms with Crippen LogP contribution in [0.25, 0.3) is 10.9 Å². The zero-order valence-electron chi connectivity index (χ0n) is 16.9. The molecule has 0 aliphatic carbocycles. The Balaban J connectivity index is 1.41. The number of amides is 1. The van der Waals surface area contributed by atoms with Crippen molar-refractivity contribution in [2.75, 3.05) is 4.72 Å².